The molecule has 19 heavy (non-hydrogen) atoms. The number of nitrogens with two attached hydrogens (primary N) is 1. The van der Waals surface area contributed by atoms with E-state index in [2.05, 4.69) is 0 Å². The molecule has 6 heteroatoms. The van der Waals surface area contributed by atoms with Crippen LogP contribution in [0.1, 0.15) is 54.4 Å². The number of hydrogen-bond donors (Lipinski definition) is 1. The van der Waals surface area contributed by atoms with Crippen LogP contribution in [0.5, 0.6) is 0 Å². The Kier molecular flexibility index (Phi) is 6.38. The SMILES string of the molecule is CCC(C(N)=O)[C@@H](CC)B1OC(C)(C)C(C)(C)O1.Cl. The van der Waals surface area contributed by atoms with Gasteiger partial charge in [0.05, 0.1) is 11.2 Å². The summed E-state index contributed by atoms with van der Waals surface area (Å²) < 4.78 is 12.0. The molecule has 0 saturated carbocycles. The summed E-state index contributed by atoms with van der Waals surface area (Å²) in [6.45, 7) is 12.1. The molecule has 0 radical (unpaired) electrons. The maximum Gasteiger partial charge on any atom is 0.461 e. The molecule has 1 heterocycles. The van der Waals surface area contributed by atoms with Crippen molar-refractivity contribution in [3.8, 4) is 0 Å². The molecule has 0 aromatic carbocycles. The summed E-state index contributed by atoms with van der Waals surface area (Å²) in [6.07, 6.45) is 1.54. The van der Waals surface area contributed by atoms with Crippen LogP contribution in [-0.4, -0.2) is 24.2 Å². The van der Waals surface area contributed by atoms with E-state index in [1.54, 1.807) is 0 Å². The molecule has 0 spiro atoms. The molecule has 112 valence electrons. The number of rotatable bonds is 5. The third-order valence-corrected chi connectivity index (χ3v) is 4.41. The van der Waals surface area contributed by atoms with Gasteiger partial charge in [0, 0.05) is 11.7 Å². The summed E-state index contributed by atoms with van der Waals surface area (Å²) >= 11 is 0. The highest BCUT2D eigenvalue weighted by molar-refractivity contribution is 6.48. The normalized spacial score (nSPS) is 23.6. The molecule has 0 aromatic rings. The van der Waals surface area contributed by atoms with E-state index in [-0.39, 0.29) is 48.4 Å². The topological polar surface area (TPSA) is 61.6 Å². The van der Waals surface area contributed by atoms with Gasteiger partial charge in [-0.15, -0.1) is 12.4 Å². The minimum atomic E-state index is -0.360. The minimum Gasteiger partial charge on any atom is -0.403 e. The molecular formula is C13H27BClNO3. The van der Waals surface area contributed by atoms with E-state index in [1.807, 2.05) is 41.5 Å². The minimum absolute atomic E-state index is 0. The third-order valence-electron chi connectivity index (χ3n) is 4.41. The lowest BCUT2D eigenvalue weighted by Gasteiger charge is -2.32. The van der Waals surface area contributed by atoms with Crippen molar-refractivity contribution in [3.63, 3.8) is 0 Å². The lowest BCUT2D eigenvalue weighted by atomic mass is 9.62. The van der Waals surface area contributed by atoms with Crippen LogP contribution >= 0.6 is 12.4 Å². The summed E-state index contributed by atoms with van der Waals surface area (Å²) in [5, 5.41) is 0. The van der Waals surface area contributed by atoms with Crippen molar-refractivity contribution in [1.29, 1.82) is 0 Å². The fourth-order valence-electron chi connectivity index (χ4n) is 2.45. The van der Waals surface area contributed by atoms with E-state index in [0.717, 1.165) is 12.8 Å². The Bertz CT molecular complexity index is 307. The second-order valence-electron chi connectivity index (χ2n) is 6.11. The van der Waals surface area contributed by atoms with Gasteiger partial charge in [0.1, 0.15) is 0 Å². The number of carbonyl (C=O) groups is 1. The lowest BCUT2D eigenvalue weighted by Crippen LogP contribution is -2.41. The number of halogens is 1. The Balaban J connectivity index is 0.00000324. The van der Waals surface area contributed by atoms with Gasteiger partial charge in [-0.2, -0.15) is 0 Å². The highest BCUT2D eigenvalue weighted by atomic mass is 35.5. The Hall–Kier alpha value is -0.255. The largest absolute Gasteiger partial charge is 0.461 e. The van der Waals surface area contributed by atoms with E-state index < -0.39 is 0 Å². The van der Waals surface area contributed by atoms with Crippen molar-refractivity contribution < 1.29 is 14.1 Å². The standard InChI is InChI=1S/C13H26BNO3.ClH/c1-7-9(11(15)16)10(8-2)14-17-12(3,4)13(5,6)18-14;/h9-10H,7-8H2,1-6H3,(H2,15,16);1H/t9?,10-;/m1./s1. The van der Waals surface area contributed by atoms with Crippen LogP contribution in [0, 0.1) is 5.92 Å². The van der Waals surface area contributed by atoms with Crippen molar-refractivity contribution >= 4 is 25.4 Å². The van der Waals surface area contributed by atoms with Gasteiger partial charge < -0.3 is 15.0 Å². The predicted molar refractivity (Wildman–Crippen MR) is 80.3 cm³/mol. The molecule has 1 unspecified atom stereocenters. The van der Waals surface area contributed by atoms with Crippen molar-refractivity contribution in [3.05, 3.63) is 0 Å². The summed E-state index contributed by atoms with van der Waals surface area (Å²) in [7, 11) is -0.350. The smallest absolute Gasteiger partial charge is 0.403 e. The molecule has 1 saturated heterocycles. The maximum absolute atomic E-state index is 11.5. The zero-order valence-electron chi connectivity index (χ0n) is 12.9. The Morgan fingerprint density at radius 3 is 1.79 bits per heavy atom. The number of amides is 1. The predicted octanol–water partition coefficient (Wildman–Crippen LogP) is 2.79. The Labute approximate surface area is 123 Å². The van der Waals surface area contributed by atoms with Gasteiger partial charge in [-0.05, 0) is 34.1 Å². The van der Waals surface area contributed by atoms with E-state index >= 15 is 0 Å². The van der Waals surface area contributed by atoms with Crippen LogP contribution in [0.4, 0.5) is 0 Å². The first kappa shape index (κ1) is 18.7. The van der Waals surface area contributed by atoms with Crippen LogP contribution < -0.4 is 5.73 Å². The first-order valence-electron chi connectivity index (χ1n) is 6.81. The van der Waals surface area contributed by atoms with E-state index in [1.165, 1.54) is 0 Å². The number of primary amides is 1. The highest BCUT2D eigenvalue weighted by Crippen LogP contribution is 2.43. The van der Waals surface area contributed by atoms with Gasteiger partial charge in [-0.1, -0.05) is 20.3 Å². The van der Waals surface area contributed by atoms with Crippen molar-refractivity contribution in [2.24, 2.45) is 11.7 Å². The monoisotopic (exact) mass is 291 g/mol. The molecule has 1 rings (SSSR count). The quantitative estimate of drug-likeness (QED) is 0.792. The molecule has 4 nitrogen and oxygen atoms in total. The maximum atomic E-state index is 11.5. The van der Waals surface area contributed by atoms with Gasteiger partial charge in [0.2, 0.25) is 5.91 Å². The average molecular weight is 292 g/mol. The summed E-state index contributed by atoms with van der Waals surface area (Å²) in [6, 6.07) is 0. The van der Waals surface area contributed by atoms with Crippen LogP contribution in [-0.2, 0) is 14.1 Å². The summed E-state index contributed by atoms with van der Waals surface area (Å²) in [5.41, 5.74) is 4.76. The highest BCUT2D eigenvalue weighted by Gasteiger charge is 2.54. The van der Waals surface area contributed by atoms with Gasteiger partial charge in [0.25, 0.3) is 0 Å². The van der Waals surface area contributed by atoms with E-state index in [0.29, 0.717) is 0 Å². The fraction of sp³-hybridized carbons (Fsp3) is 0.923. The molecule has 0 bridgehead atoms. The molecule has 1 aliphatic heterocycles. The first-order chi connectivity index (χ1) is 8.16. The Morgan fingerprint density at radius 2 is 1.53 bits per heavy atom. The van der Waals surface area contributed by atoms with Gasteiger partial charge in [-0.3, -0.25) is 4.79 Å². The van der Waals surface area contributed by atoms with E-state index in [4.69, 9.17) is 15.0 Å². The fourth-order valence-corrected chi connectivity index (χ4v) is 2.45. The van der Waals surface area contributed by atoms with Crippen molar-refractivity contribution in [1.82, 2.24) is 0 Å². The van der Waals surface area contributed by atoms with Crippen molar-refractivity contribution in [2.45, 2.75) is 71.4 Å². The molecule has 1 fully saturated rings. The molecule has 2 N–H and O–H groups in total. The molecule has 0 aliphatic carbocycles. The molecular weight excluding hydrogens is 264 g/mol. The van der Waals surface area contributed by atoms with Gasteiger partial charge >= 0.3 is 7.12 Å². The first-order valence-corrected chi connectivity index (χ1v) is 6.81. The van der Waals surface area contributed by atoms with Crippen LogP contribution in [0.2, 0.25) is 5.82 Å². The van der Waals surface area contributed by atoms with Gasteiger partial charge in [0.15, 0.2) is 0 Å². The number of carbonyl (C=O) groups excluding carboxylic acids is 1. The van der Waals surface area contributed by atoms with E-state index in [9.17, 15) is 4.79 Å². The molecule has 2 atom stereocenters. The average Bonchev–Trinajstić information content (AvgIpc) is 2.43. The van der Waals surface area contributed by atoms with Crippen molar-refractivity contribution in [2.75, 3.05) is 0 Å². The second kappa shape index (κ2) is 6.46. The molecule has 1 amide bonds. The van der Waals surface area contributed by atoms with Crippen LogP contribution in [0.25, 0.3) is 0 Å². The Morgan fingerprint density at radius 1 is 1.11 bits per heavy atom. The summed E-state index contributed by atoms with van der Waals surface area (Å²) in [5.74, 6) is -0.433. The summed E-state index contributed by atoms with van der Waals surface area (Å²) in [4.78, 5) is 11.5. The zero-order chi connectivity index (χ0) is 14.1. The lowest BCUT2D eigenvalue weighted by molar-refractivity contribution is -0.122. The molecule has 1 aliphatic rings. The van der Waals surface area contributed by atoms with Crippen LogP contribution in [0.3, 0.4) is 0 Å². The second-order valence-corrected chi connectivity index (χ2v) is 6.11. The molecule has 0 aromatic heterocycles. The van der Waals surface area contributed by atoms with Crippen LogP contribution in [0.15, 0.2) is 0 Å². The third kappa shape index (κ3) is 3.64. The number of hydrogen-bond acceptors (Lipinski definition) is 3. The van der Waals surface area contributed by atoms with Gasteiger partial charge in [-0.25, -0.2) is 0 Å². The zero-order valence-corrected chi connectivity index (χ0v) is 13.7.